The van der Waals surface area contributed by atoms with Gasteiger partial charge < -0.3 is 14.1 Å². The van der Waals surface area contributed by atoms with Gasteiger partial charge in [-0.15, -0.1) is 10.2 Å². The highest BCUT2D eigenvalue weighted by atomic mass is 32.2. The maximum atomic E-state index is 11.9. The van der Waals surface area contributed by atoms with E-state index in [4.69, 9.17) is 4.42 Å². The molecule has 32 heavy (non-hydrogen) atoms. The molecule has 5 aromatic rings. The van der Waals surface area contributed by atoms with Crippen molar-refractivity contribution in [3.63, 3.8) is 0 Å². The van der Waals surface area contributed by atoms with Gasteiger partial charge in [0.15, 0.2) is 0 Å². The molecule has 0 atom stereocenters. The molecule has 3 aromatic carbocycles. The first kappa shape index (κ1) is 20.1. The Morgan fingerprint density at radius 1 is 1.03 bits per heavy atom. The lowest BCUT2D eigenvalue weighted by Gasteiger charge is -2.09. The van der Waals surface area contributed by atoms with Crippen LogP contribution in [0.5, 0.6) is 0 Å². The summed E-state index contributed by atoms with van der Waals surface area (Å²) >= 11 is 0.948. The zero-order chi connectivity index (χ0) is 22.1. The molecule has 0 saturated heterocycles. The summed E-state index contributed by atoms with van der Waals surface area (Å²) in [6, 6.07) is 22.6. The molecule has 0 fully saturated rings. The molecule has 0 aliphatic heterocycles. The molecule has 0 amide bonds. The highest BCUT2D eigenvalue weighted by molar-refractivity contribution is 8.03. The van der Waals surface area contributed by atoms with Crippen molar-refractivity contribution in [3.05, 3.63) is 94.8 Å². The Bertz CT molecular complexity index is 1480. The van der Waals surface area contributed by atoms with Gasteiger partial charge in [-0.05, 0) is 40.2 Å². The Labute approximate surface area is 188 Å². The molecule has 2 heterocycles. The second-order valence-electron chi connectivity index (χ2n) is 7.37. The third-order valence-electron chi connectivity index (χ3n) is 5.24. The minimum absolute atomic E-state index is 0.113. The van der Waals surface area contributed by atoms with Gasteiger partial charge in [-0.1, -0.05) is 60.7 Å². The van der Waals surface area contributed by atoms with E-state index in [9.17, 15) is 9.90 Å². The summed E-state index contributed by atoms with van der Waals surface area (Å²) in [5, 5.41) is 21.0. The molecule has 0 aliphatic rings. The molecule has 7 heteroatoms. The predicted molar refractivity (Wildman–Crippen MR) is 125 cm³/mol. The zero-order valence-electron chi connectivity index (χ0n) is 17.2. The van der Waals surface area contributed by atoms with Crippen molar-refractivity contribution in [2.75, 3.05) is 0 Å². The zero-order valence-corrected chi connectivity index (χ0v) is 18.0. The molecule has 0 radical (unpaired) electrons. The summed E-state index contributed by atoms with van der Waals surface area (Å²) in [5.74, 6) is -0.652. The van der Waals surface area contributed by atoms with Crippen molar-refractivity contribution in [1.29, 1.82) is 0 Å². The van der Waals surface area contributed by atoms with Gasteiger partial charge in [0, 0.05) is 36.1 Å². The van der Waals surface area contributed by atoms with Crippen LogP contribution in [-0.2, 0) is 11.3 Å². The van der Waals surface area contributed by atoms with E-state index in [0.29, 0.717) is 12.4 Å². The number of aliphatic carboxylic acids is 1. The lowest BCUT2D eigenvalue weighted by molar-refractivity contribution is -0.131. The van der Waals surface area contributed by atoms with Crippen LogP contribution in [0.15, 0.2) is 87.5 Å². The van der Waals surface area contributed by atoms with Crippen LogP contribution < -0.4 is 0 Å². The van der Waals surface area contributed by atoms with Gasteiger partial charge in [-0.2, -0.15) is 0 Å². The molecule has 0 aliphatic carbocycles. The first-order valence-corrected chi connectivity index (χ1v) is 10.9. The maximum absolute atomic E-state index is 11.9. The fourth-order valence-electron chi connectivity index (χ4n) is 3.82. The Hall–Kier alpha value is -3.84. The number of nitrogens with zero attached hydrogens (tertiary/aromatic N) is 3. The van der Waals surface area contributed by atoms with Gasteiger partial charge in [-0.25, -0.2) is 4.79 Å². The summed E-state index contributed by atoms with van der Waals surface area (Å²) in [6.45, 7) is 2.34. The number of thioether (sulfide) groups is 1. The fourth-order valence-corrected chi connectivity index (χ4v) is 4.53. The number of carbonyl (C=O) groups is 1. The van der Waals surface area contributed by atoms with Crippen LogP contribution in [0.4, 0.5) is 0 Å². The Morgan fingerprint density at radius 3 is 2.56 bits per heavy atom. The van der Waals surface area contributed by atoms with Crippen LogP contribution in [0, 0.1) is 6.92 Å². The molecular weight excluding hydrogens is 422 g/mol. The van der Waals surface area contributed by atoms with Crippen LogP contribution in [0.25, 0.3) is 27.8 Å². The van der Waals surface area contributed by atoms with Gasteiger partial charge in [0.2, 0.25) is 5.89 Å². The van der Waals surface area contributed by atoms with Gasteiger partial charge in [-0.3, -0.25) is 0 Å². The van der Waals surface area contributed by atoms with E-state index in [1.807, 2.05) is 42.6 Å². The number of fused-ring (bicyclic) bond motifs is 2. The molecule has 2 aromatic heterocycles. The minimum atomic E-state index is -1.04. The normalized spacial score (nSPS) is 12.0. The Morgan fingerprint density at radius 2 is 1.78 bits per heavy atom. The quantitative estimate of drug-likeness (QED) is 0.267. The van der Waals surface area contributed by atoms with Crippen molar-refractivity contribution in [3.8, 4) is 0 Å². The second kappa shape index (κ2) is 8.36. The molecule has 0 saturated carbocycles. The topological polar surface area (TPSA) is 81.2 Å². The predicted octanol–water partition coefficient (Wildman–Crippen LogP) is 5.75. The third-order valence-corrected chi connectivity index (χ3v) is 6.09. The first-order valence-electron chi connectivity index (χ1n) is 10.1. The number of para-hydroxylation sites is 1. The van der Waals surface area contributed by atoms with Gasteiger partial charge in [0.05, 0.1) is 0 Å². The number of benzene rings is 3. The smallest absolute Gasteiger partial charge is 0.342 e. The molecule has 5 rings (SSSR count). The van der Waals surface area contributed by atoms with E-state index in [2.05, 4.69) is 45.1 Å². The second-order valence-corrected chi connectivity index (χ2v) is 8.36. The molecule has 6 nitrogen and oxygen atoms in total. The van der Waals surface area contributed by atoms with E-state index < -0.39 is 5.97 Å². The average molecular weight is 442 g/mol. The Balaban J connectivity index is 1.57. The van der Waals surface area contributed by atoms with Crippen molar-refractivity contribution in [1.82, 2.24) is 14.8 Å². The number of carboxylic acid groups (broad SMARTS) is 1. The minimum Gasteiger partial charge on any atom is -0.477 e. The lowest BCUT2D eigenvalue weighted by Crippen LogP contribution is -1.99. The van der Waals surface area contributed by atoms with Gasteiger partial charge in [0.1, 0.15) is 4.91 Å². The van der Waals surface area contributed by atoms with Crippen molar-refractivity contribution < 1.29 is 14.3 Å². The van der Waals surface area contributed by atoms with Crippen LogP contribution in [0.1, 0.15) is 17.0 Å². The van der Waals surface area contributed by atoms with E-state index in [0.717, 1.165) is 28.2 Å². The number of hydrogen-bond donors (Lipinski definition) is 1. The summed E-state index contributed by atoms with van der Waals surface area (Å²) in [4.78, 5) is 12.0. The van der Waals surface area contributed by atoms with E-state index >= 15 is 0 Å². The standard InChI is InChI=1S/C25H19N3O3S/c1-16-26-27-25(31-16)32-23(24(29)30)13-19-15-28(22-12-5-4-11-21(19)22)14-18-9-6-8-17-7-2-3-10-20(17)18/h2-13,15H,14H2,1H3,(H,29,30)/b23-13-. The Kier molecular flexibility index (Phi) is 5.25. The van der Waals surface area contributed by atoms with Crippen molar-refractivity contribution in [2.45, 2.75) is 18.7 Å². The number of aryl methyl sites for hydroxylation is 1. The first-order chi connectivity index (χ1) is 15.6. The average Bonchev–Trinajstić information content (AvgIpc) is 3.37. The van der Waals surface area contributed by atoms with E-state index in [1.165, 1.54) is 16.3 Å². The van der Waals surface area contributed by atoms with Crippen LogP contribution >= 0.6 is 11.8 Å². The lowest BCUT2D eigenvalue weighted by atomic mass is 10.0. The maximum Gasteiger partial charge on any atom is 0.342 e. The molecule has 1 N–H and O–H groups in total. The SMILES string of the molecule is Cc1nnc(S/C(=C\c2cn(Cc3cccc4ccccc34)c3ccccc23)C(=O)O)o1. The number of hydrogen-bond acceptors (Lipinski definition) is 5. The number of carboxylic acids is 1. The summed E-state index contributed by atoms with van der Waals surface area (Å²) in [5.41, 5.74) is 3.06. The van der Waals surface area contributed by atoms with Gasteiger partial charge in [0.25, 0.3) is 5.22 Å². The molecule has 0 unspecified atom stereocenters. The van der Waals surface area contributed by atoms with Crippen LogP contribution in [0.3, 0.4) is 0 Å². The highest BCUT2D eigenvalue weighted by Crippen LogP contribution is 2.31. The van der Waals surface area contributed by atoms with Crippen LogP contribution in [-0.4, -0.2) is 25.8 Å². The summed E-state index contributed by atoms with van der Waals surface area (Å²) < 4.78 is 7.50. The number of rotatable bonds is 6. The van der Waals surface area contributed by atoms with Crippen LogP contribution in [0.2, 0.25) is 0 Å². The van der Waals surface area contributed by atoms with Gasteiger partial charge >= 0.3 is 5.97 Å². The van der Waals surface area contributed by atoms with Crippen molar-refractivity contribution in [2.24, 2.45) is 0 Å². The van der Waals surface area contributed by atoms with E-state index in [-0.39, 0.29) is 10.1 Å². The molecule has 0 spiro atoms. The fraction of sp³-hybridized carbons (Fsp3) is 0.0800. The summed E-state index contributed by atoms with van der Waals surface area (Å²) in [7, 11) is 0. The highest BCUT2D eigenvalue weighted by Gasteiger charge is 2.16. The molecular formula is C25H19N3O3S. The molecule has 158 valence electrons. The monoisotopic (exact) mass is 441 g/mol. The molecule has 0 bridgehead atoms. The third kappa shape index (κ3) is 3.90. The van der Waals surface area contributed by atoms with Crippen molar-refractivity contribution >= 4 is 45.5 Å². The van der Waals surface area contributed by atoms with E-state index in [1.54, 1.807) is 13.0 Å². The largest absolute Gasteiger partial charge is 0.477 e. The summed E-state index contributed by atoms with van der Waals surface area (Å²) in [6.07, 6.45) is 3.66. The number of aromatic nitrogens is 3.